The van der Waals surface area contributed by atoms with Gasteiger partial charge in [-0.2, -0.15) is 0 Å². The van der Waals surface area contributed by atoms with Crippen molar-refractivity contribution in [3.8, 4) is 5.75 Å². The first-order chi connectivity index (χ1) is 9.55. The van der Waals surface area contributed by atoms with Crippen molar-refractivity contribution in [2.75, 3.05) is 32.1 Å². The number of ether oxygens (including phenoxy) is 1. The monoisotopic (exact) mass is 295 g/mol. The highest BCUT2D eigenvalue weighted by atomic mass is 32.1. The van der Waals surface area contributed by atoms with Crippen LogP contribution in [0.3, 0.4) is 0 Å². The maximum absolute atomic E-state index is 12.0. The molecule has 0 spiro atoms. The summed E-state index contributed by atoms with van der Waals surface area (Å²) >= 11 is 4.89. The van der Waals surface area contributed by atoms with Crippen LogP contribution in [0.15, 0.2) is 24.3 Å². The highest BCUT2D eigenvalue weighted by molar-refractivity contribution is 7.80. The zero-order chi connectivity index (χ0) is 15.0. The van der Waals surface area contributed by atoms with Crippen molar-refractivity contribution in [1.82, 2.24) is 4.90 Å². The Kier molecular flexibility index (Phi) is 6.97. The van der Waals surface area contributed by atoms with Gasteiger partial charge in [0.25, 0.3) is 0 Å². The predicted molar refractivity (Wildman–Crippen MR) is 85.1 cm³/mol. The fraction of sp³-hybridized carbons (Fsp3) is 0.429. The molecule has 0 saturated heterocycles. The molecule has 0 heterocycles. The molecular formula is C14H21N3O2S. The Bertz CT molecular complexity index is 465. The fourth-order valence-electron chi connectivity index (χ4n) is 1.86. The molecule has 0 radical (unpaired) electrons. The van der Waals surface area contributed by atoms with Crippen LogP contribution in [0.4, 0.5) is 5.69 Å². The summed E-state index contributed by atoms with van der Waals surface area (Å²) in [6.45, 7) is 3.55. The van der Waals surface area contributed by atoms with Crippen LogP contribution in [0.25, 0.3) is 0 Å². The van der Waals surface area contributed by atoms with Gasteiger partial charge in [-0.05, 0) is 25.1 Å². The lowest BCUT2D eigenvalue weighted by Crippen LogP contribution is -2.39. The minimum absolute atomic E-state index is 0.0945. The summed E-state index contributed by atoms with van der Waals surface area (Å²) in [5, 5.41) is 2.83. The third-order valence-corrected chi connectivity index (χ3v) is 2.77. The van der Waals surface area contributed by atoms with Gasteiger partial charge in [-0.25, -0.2) is 0 Å². The number of hydrogen-bond donors (Lipinski definition) is 2. The summed E-state index contributed by atoms with van der Waals surface area (Å²) in [5.41, 5.74) is 6.24. The molecule has 1 amide bonds. The molecule has 6 heteroatoms. The van der Waals surface area contributed by atoms with Gasteiger partial charge in [0.1, 0.15) is 5.75 Å². The molecule has 0 bridgehead atoms. The first-order valence-electron chi connectivity index (χ1n) is 6.49. The third kappa shape index (κ3) is 5.99. The Morgan fingerprint density at radius 3 is 2.80 bits per heavy atom. The number of methoxy groups -OCH3 is 1. The first kappa shape index (κ1) is 16.4. The van der Waals surface area contributed by atoms with E-state index in [1.165, 1.54) is 0 Å². The molecule has 0 atom stereocenters. The molecular weight excluding hydrogens is 274 g/mol. The van der Waals surface area contributed by atoms with E-state index in [0.717, 1.165) is 13.0 Å². The first-order valence-corrected chi connectivity index (χ1v) is 6.90. The number of anilines is 1. The third-order valence-electron chi connectivity index (χ3n) is 2.64. The highest BCUT2D eigenvalue weighted by Crippen LogP contribution is 2.16. The van der Waals surface area contributed by atoms with E-state index in [4.69, 9.17) is 22.7 Å². The smallest absolute Gasteiger partial charge is 0.238 e. The van der Waals surface area contributed by atoms with Crippen LogP contribution in [-0.4, -0.2) is 42.5 Å². The summed E-state index contributed by atoms with van der Waals surface area (Å²) < 4.78 is 5.11. The Morgan fingerprint density at radius 1 is 1.45 bits per heavy atom. The number of carbonyl (C=O) groups excluding carboxylic acids is 1. The average molecular weight is 295 g/mol. The second kappa shape index (κ2) is 8.50. The van der Waals surface area contributed by atoms with E-state index in [2.05, 4.69) is 5.32 Å². The van der Waals surface area contributed by atoms with Gasteiger partial charge in [0, 0.05) is 18.3 Å². The molecule has 1 aromatic rings. The average Bonchev–Trinajstić information content (AvgIpc) is 2.38. The summed E-state index contributed by atoms with van der Waals surface area (Å²) in [5.74, 6) is 0.610. The standard InChI is InChI=1S/C14H21N3O2S/c1-3-7-17(9-13(15)20)10-14(18)16-11-5-4-6-12(8-11)19-2/h4-6,8H,3,7,9-10H2,1-2H3,(H2,15,20)(H,16,18). The van der Waals surface area contributed by atoms with Gasteiger partial charge in [0.2, 0.25) is 5.91 Å². The lowest BCUT2D eigenvalue weighted by Gasteiger charge is -2.20. The molecule has 0 fully saturated rings. The van der Waals surface area contributed by atoms with Gasteiger partial charge >= 0.3 is 0 Å². The lowest BCUT2D eigenvalue weighted by molar-refractivity contribution is -0.117. The van der Waals surface area contributed by atoms with Gasteiger partial charge in [0.15, 0.2) is 0 Å². The summed E-state index contributed by atoms with van der Waals surface area (Å²) in [6.07, 6.45) is 0.940. The number of amides is 1. The fourth-order valence-corrected chi connectivity index (χ4v) is 2.04. The zero-order valence-corrected chi connectivity index (χ0v) is 12.7. The SMILES string of the molecule is CCCN(CC(=O)Nc1cccc(OC)c1)CC(N)=S. The number of nitrogens with zero attached hydrogens (tertiary/aromatic N) is 1. The van der Waals surface area contributed by atoms with Gasteiger partial charge in [-0.1, -0.05) is 25.2 Å². The van der Waals surface area contributed by atoms with E-state index in [1.54, 1.807) is 13.2 Å². The molecule has 3 N–H and O–H groups in total. The molecule has 0 aliphatic carbocycles. The largest absolute Gasteiger partial charge is 0.497 e. The van der Waals surface area contributed by atoms with Crippen LogP contribution in [0.5, 0.6) is 5.75 Å². The number of carbonyl (C=O) groups is 1. The Hall–Kier alpha value is -1.66. The normalized spacial score (nSPS) is 10.3. The van der Waals surface area contributed by atoms with Crippen molar-refractivity contribution in [3.05, 3.63) is 24.3 Å². The van der Waals surface area contributed by atoms with Gasteiger partial charge in [-0.3, -0.25) is 9.69 Å². The quantitative estimate of drug-likeness (QED) is 0.714. The highest BCUT2D eigenvalue weighted by Gasteiger charge is 2.11. The van der Waals surface area contributed by atoms with E-state index in [9.17, 15) is 4.79 Å². The Morgan fingerprint density at radius 2 is 2.20 bits per heavy atom. The summed E-state index contributed by atoms with van der Waals surface area (Å²) in [7, 11) is 1.59. The minimum atomic E-state index is -0.0945. The molecule has 0 unspecified atom stereocenters. The van der Waals surface area contributed by atoms with Crippen molar-refractivity contribution in [3.63, 3.8) is 0 Å². The molecule has 0 aliphatic heterocycles. The van der Waals surface area contributed by atoms with Crippen molar-refractivity contribution in [2.45, 2.75) is 13.3 Å². The Labute approximate surface area is 125 Å². The van der Waals surface area contributed by atoms with Crippen LogP contribution in [0.2, 0.25) is 0 Å². The van der Waals surface area contributed by atoms with E-state index in [1.807, 2.05) is 30.0 Å². The van der Waals surface area contributed by atoms with Gasteiger partial charge < -0.3 is 15.8 Å². The molecule has 0 aromatic heterocycles. The number of hydrogen-bond acceptors (Lipinski definition) is 4. The van der Waals surface area contributed by atoms with Crippen LogP contribution >= 0.6 is 12.2 Å². The van der Waals surface area contributed by atoms with Crippen LogP contribution in [-0.2, 0) is 4.79 Å². The lowest BCUT2D eigenvalue weighted by atomic mass is 10.3. The van der Waals surface area contributed by atoms with Crippen LogP contribution in [0, 0.1) is 0 Å². The minimum Gasteiger partial charge on any atom is -0.497 e. The van der Waals surface area contributed by atoms with E-state index in [0.29, 0.717) is 23.0 Å². The van der Waals surface area contributed by atoms with Crippen molar-refractivity contribution in [1.29, 1.82) is 0 Å². The van der Waals surface area contributed by atoms with Gasteiger partial charge in [0.05, 0.1) is 18.6 Å². The second-order valence-corrected chi connectivity index (χ2v) is 4.98. The van der Waals surface area contributed by atoms with Crippen molar-refractivity contribution >= 4 is 28.8 Å². The Balaban J connectivity index is 2.57. The number of nitrogens with one attached hydrogen (secondary N) is 1. The number of rotatable bonds is 8. The van der Waals surface area contributed by atoms with Gasteiger partial charge in [-0.15, -0.1) is 0 Å². The van der Waals surface area contributed by atoms with Crippen molar-refractivity contribution in [2.24, 2.45) is 5.73 Å². The number of nitrogens with two attached hydrogens (primary N) is 1. The molecule has 5 nitrogen and oxygen atoms in total. The van der Waals surface area contributed by atoms with E-state index >= 15 is 0 Å². The summed E-state index contributed by atoms with van der Waals surface area (Å²) in [4.78, 5) is 14.3. The molecule has 110 valence electrons. The molecule has 0 aliphatic rings. The predicted octanol–water partition coefficient (Wildman–Crippen LogP) is 1.63. The molecule has 1 aromatic carbocycles. The maximum Gasteiger partial charge on any atom is 0.238 e. The van der Waals surface area contributed by atoms with Crippen LogP contribution < -0.4 is 15.8 Å². The number of thiocarbonyl (C=S) groups is 1. The molecule has 20 heavy (non-hydrogen) atoms. The van der Waals surface area contributed by atoms with Crippen molar-refractivity contribution < 1.29 is 9.53 Å². The van der Waals surface area contributed by atoms with E-state index < -0.39 is 0 Å². The molecule has 0 saturated carbocycles. The number of benzene rings is 1. The maximum atomic E-state index is 12.0. The topological polar surface area (TPSA) is 67.6 Å². The van der Waals surface area contributed by atoms with E-state index in [-0.39, 0.29) is 12.5 Å². The molecule has 1 rings (SSSR count). The second-order valence-electron chi connectivity index (χ2n) is 4.46. The zero-order valence-electron chi connectivity index (χ0n) is 11.9. The summed E-state index contributed by atoms with van der Waals surface area (Å²) in [6, 6.07) is 7.24. The van der Waals surface area contributed by atoms with Crippen LogP contribution in [0.1, 0.15) is 13.3 Å².